The molecule has 0 amide bonds. The van der Waals surface area contributed by atoms with Crippen LogP contribution in [0.5, 0.6) is 11.5 Å². The van der Waals surface area contributed by atoms with Crippen molar-refractivity contribution < 1.29 is 28.9 Å². The number of carbonyl (C=O) groups excluding carboxylic acids is 1. The molecule has 0 saturated heterocycles. The number of rotatable bonds is 20. The fourth-order valence-corrected chi connectivity index (χ4v) is 3.36. The van der Waals surface area contributed by atoms with Crippen LogP contribution in [0.25, 0.3) is 0 Å². The second-order valence-electron chi connectivity index (χ2n) is 8.28. The summed E-state index contributed by atoms with van der Waals surface area (Å²) < 4.78 is 16.9. The number of hydrogen-bond donors (Lipinski definition) is 1. The fraction of sp³-hybridized carbons (Fsp3) is 0.692. The quantitative estimate of drug-likeness (QED) is 0.135. The Morgan fingerprint density at radius 3 is 1.66 bits per heavy atom. The molecule has 0 fully saturated rings. The lowest BCUT2D eigenvalue weighted by Crippen LogP contribution is -2.10. The average Bonchev–Trinajstić information content (AvgIpc) is 2.76. The molecule has 6 nitrogen and oxygen atoms in total. The first-order valence-electron chi connectivity index (χ1n) is 12.3. The summed E-state index contributed by atoms with van der Waals surface area (Å²) in [5.41, 5.74) is 0.724. The first-order valence-corrected chi connectivity index (χ1v) is 12.3. The van der Waals surface area contributed by atoms with Gasteiger partial charge in [-0.3, -0.25) is 9.59 Å². The molecule has 1 rings (SSSR count). The van der Waals surface area contributed by atoms with E-state index in [1.807, 2.05) is 18.2 Å². The van der Waals surface area contributed by atoms with Crippen molar-refractivity contribution in [1.82, 2.24) is 0 Å². The van der Waals surface area contributed by atoms with Gasteiger partial charge in [-0.2, -0.15) is 0 Å². The third-order valence-electron chi connectivity index (χ3n) is 5.17. The molecule has 0 aliphatic carbocycles. The van der Waals surface area contributed by atoms with Crippen LogP contribution in [0.2, 0.25) is 0 Å². The van der Waals surface area contributed by atoms with Crippen LogP contribution in [0.4, 0.5) is 0 Å². The van der Waals surface area contributed by atoms with E-state index >= 15 is 0 Å². The molecule has 6 heteroatoms. The Morgan fingerprint density at radius 2 is 1.19 bits per heavy atom. The second-order valence-corrected chi connectivity index (χ2v) is 8.28. The van der Waals surface area contributed by atoms with Crippen LogP contribution < -0.4 is 9.47 Å². The highest BCUT2D eigenvalue weighted by atomic mass is 16.5. The minimum Gasteiger partial charge on any atom is -0.493 e. The molecule has 0 aliphatic rings. The van der Waals surface area contributed by atoms with Gasteiger partial charge in [0.1, 0.15) is 24.5 Å². The molecule has 0 radical (unpaired) electrons. The highest BCUT2D eigenvalue weighted by Gasteiger charge is 2.11. The van der Waals surface area contributed by atoms with Gasteiger partial charge in [0.05, 0.1) is 13.2 Å². The third-order valence-corrected chi connectivity index (χ3v) is 5.17. The molecule has 0 aliphatic heterocycles. The number of carbonyl (C=O) groups is 2. The van der Waals surface area contributed by atoms with E-state index in [2.05, 4.69) is 13.8 Å². The van der Waals surface area contributed by atoms with Crippen LogP contribution in [0.15, 0.2) is 18.2 Å². The number of aliphatic carboxylic acids is 1. The molecule has 0 spiro atoms. The van der Waals surface area contributed by atoms with Crippen molar-refractivity contribution in [2.45, 2.75) is 104 Å². The van der Waals surface area contributed by atoms with Crippen molar-refractivity contribution in [3.05, 3.63) is 23.8 Å². The lowest BCUT2D eigenvalue weighted by atomic mass is 10.1. The van der Waals surface area contributed by atoms with Gasteiger partial charge in [0.25, 0.3) is 0 Å². The molecule has 0 unspecified atom stereocenters. The minimum absolute atomic E-state index is 0.00624. The summed E-state index contributed by atoms with van der Waals surface area (Å²) in [4.78, 5) is 22.2. The van der Waals surface area contributed by atoms with Crippen LogP contribution in [-0.2, 0) is 20.9 Å². The summed E-state index contributed by atoms with van der Waals surface area (Å²) in [6.07, 6.45) is 13.7. The van der Waals surface area contributed by atoms with Crippen molar-refractivity contribution in [2.75, 3.05) is 13.2 Å². The predicted octanol–water partition coefficient (Wildman–Crippen LogP) is 6.68. The maximum Gasteiger partial charge on any atom is 0.317 e. The van der Waals surface area contributed by atoms with Crippen LogP contribution in [0.1, 0.15) is 103 Å². The number of unbranched alkanes of at least 4 members (excludes halogenated alkanes) is 10. The van der Waals surface area contributed by atoms with Gasteiger partial charge < -0.3 is 19.3 Å². The Balaban J connectivity index is 2.55. The average molecular weight is 451 g/mol. The summed E-state index contributed by atoms with van der Waals surface area (Å²) in [6, 6.07) is 5.52. The molecule has 0 heterocycles. The standard InChI is InChI=1S/C26H42O6/c1-3-5-7-9-11-13-15-30-23-17-22(21-32-26(29)20-25(27)28)18-24(19-23)31-16-14-12-10-8-6-4-2/h17-19H,3-16,20-21H2,1-2H3,(H,27,28). The molecule has 182 valence electrons. The second kappa shape index (κ2) is 18.3. The summed E-state index contributed by atoms with van der Waals surface area (Å²) in [5.74, 6) is -0.592. The van der Waals surface area contributed by atoms with E-state index in [-0.39, 0.29) is 6.61 Å². The van der Waals surface area contributed by atoms with Crippen LogP contribution >= 0.6 is 0 Å². The Morgan fingerprint density at radius 1 is 0.719 bits per heavy atom. The monoisotopic (exact) mass is 450 g/mol. The molecule has 1 aromatic rings. The number of carboxylic acids is 1. The Labute approximate surface area is 193 Å². The maximum atomic E-state index is 11.6. The molecule has 32 heavy (non-hydrogen) atoms. The summed E-state index contributed by atoms with van der Waals surface area (Å²) in [5, 5.41) is 8.71. The molecule has 0 bridgehead atoms. The fourth-order valence-electron chi connectivity index (χ4n) is 3.36. The highest BCUT2D eigenvalue weighted by Crippen LogP contribution is 2.24. The third kappa shape index (κ3) is 14.7. The zero-order chi connectivity index (χ0) is 23.4. The minimum atomic E-state index is -1.20. The topological polar surface area (TPSA) is 82.1 Å². The van der Waals surface area contributed by atoms with Gasteiger partial charge in [-0.1, -0.05) is 78.1 Å². The molecule has 0 aromatic heterocycles. The molecular weight excluding hydrogens is 408 g/mol. The SMILES string of the molecule is CCCCCCCCOc1cc(COC(=O)CC(=O)O)cc(OCCCCCCCC)c1. The van der Waals surface area contributed by atoms with Gasteiger partial charge in [-0.25, -0.2) is 0 Å². The molecule has 0 saturated carbocycles. The normalized spacial score (nSPS) is 10.7. The predicted molar refractivity (Wildman–Crippen MR) is 126 cm³/mol. The molecule has 0 atom stereocenters. The van der Waals surface area contributed by atoms with Gasteiger partial charge in [0, 0.05) is 6.07 Å². The highest BCUT2D eigenvalue weighted by molar-refractivity contribution is 5.90. The van der Waals surface area contributed by atoms with Crippen LogP contribution in [-0.4, -0.2) is 30.3 Å². The first kappa shape index (κ1) is 27.8. The molecule has 1 aromatic carbocycles. The Kier molecular flexibility index (Phi) is 15.9. The largest absolute Gasteiger partial charge is 0.493 e. The van der Waals surface area contributed by atoms with E-state index in [1.54, 1.807) is 0 Å². The van der Waals surface area contributed by atoms with Gasteiger partial charge in [0.2, 0.25) is 0 Å². The summed E-state index contributed by atoms with van der Waals surface area (Å²) >= 11 is 0. The van der Waals surface area contributed by atoms with Crippen molar-refractivity contribution >= 4 is 11.9 Å². The maximum absolute atomic E-state index is 11.6. The number of ether oxygens (including phenoxy) is 3. The van der Waals surface area contributed by atoms with Crippen molar-refractivity contribution in [3.63, 3.8) is 0 Å². The van der Waals surface area contributed by atoms with Crippen molar-refractivity contribution in [1.29, 1.82) is 0 Å². The van der Waals surface area contributed by atoms with E-state index in [1.165, 1.54) is 51.4 Å². The van der Waals surface area contributed by atoms with Gasteiger partial charge in [-0.15, -0.1) is 0 Å². The Bertz CT molecular complexity index is 607. The number of benzene rings is 1. The van der Waals surface area contributed by atoms with Crippen molar-refractivity contribution in [3.8, 4) is 11.5 Å². The Hall–Kier alpha value is -2.24. The van der Waals surface area contributed by atoms with Crippen molar-refractivity contribution in [2.24, 2.45) is 0 Å². The van der Waals surface area contributed by atoms with Crippen LogP contribution in [0, 0.1) is 0 Å². The number of esters is 1. The van der Waals surface area contributed by atoms with E-state index in [9.17, 15) is 9.59 Å². The lowest BCUT2D eigenvalue weighted by Gasteiger charge is -2.13. The summed E-state index contributed by atoms with van der Waals surface area (Å²) in [6.45, 7) is 5.67. The molecular formula is C26H42O6. The summed E-state index contributed by atoms with van der Waals surface area (Å²) in [7, 11) is 0. The van der Waals surface area contributed by atoms with E-state index in [0.717, 1.165) is 31.2 Å². The number of hydrogen-bond acceptors (Lipinski definition) is 5. The van der Waals surface area contributed by atoms with E-state index in [4.69, 9.17) is 19.3 Å². The zero-order valence-electron chi connectivity index (χ0n) is 20.0. The van der Waals surface area contributed by atoms with E-state index in [0.29, 0.717) is 24.7 Å². The first-order chi connectivity index (χ1) is 15.5. The van der Waals surface area contributed by atoms with Gasteiger partial charge in [0.15, 0.2) is 0 Å². The number of carboxylic acid groups (broad SMARTS) is 1. The van der Waals surface area contributed by atoms with Crippen LogP contribution in [0.3, 0.4) is 0 Å². The molecule has 1 N–H and O–H groups in total. The van der Waals surface area contributed by atoms with E-state index < -0.39 is 18.4 Å². The zero-order valence-corrected chi connectivity index (χ0v) is 20.0. The van der Waals surface area contributed by atoms with Gasteiger partial charge >= 0.3 is 11.9 Å². The lowest BCUT2D eigenvalue weighted by molar-refractivity contribution is -0.152. The smallest absolute Gasteiger partial charge is 0.317 e. The van der Waals surface area contributed by atoms with Gasteiger partial charge in [-0.05, 0) is 30.5 Å².